The maximum Gasteiger partial charge on any atom is 0.258 e. The second-order valence-corrected chi connectivity index (χ2v) is 5.72. The van der Waals surface area contributed by atoms with Gasteiger partial charge in [-0.05, 0) is 16.7 Å². The summed E-state index contributed by atoms with van der Waals surface area (Å²) in [5.41, 5.74) is 1.09. The molecule has 0 aliphatic rings. The summed E-state index contributed by atoms with van der Waals surface area (Å²) in [5.74, 6) is 0. The van der Waals surface area contributed by atoms with Gasteiger partial charge in [0.05, 0.1) is 0 Å². The molecule has 3 nitrogen and oxygen atoms in total. The first-order chi connectivity index (χ1) is 11.2. The molecule has 0 saturated carbocycles. The summed E-state index contributed by atoms with van der Waals surface area (Å²) < 4.78 is 28.6. The minimum atomic E-state index is -3.06. The molecule has 0 atom stereocenters. The molecule has 3 aromatic carbocycles. The van der Waals surface area contributed by atoms with E-state index < -0.39 is 16.6 Å². The highest BCUT2D eigenvalue weighted by atomic mass is 32.2. The van der Waals surface area contributed by atoms with Gasteiger partial charge < -0.3 is 0 Å². The smallest absolute Gasteiger partial charge is 0.251 e. The highest BCUT2D eigenvalue weighted by Gasteiger charge is 2.38. The van der Waals surface area contributed by atoms with E-state index in [4.69, 9.17) is 4.18 Å². The van der Waals surface area contributed by atoms with Crippen LogP contribution in [0.5, 0.6) is 0 Å². The first kappa shape index (κ1) is 15.5. The molecule has 0 spiro atoms. The summed E-state index contributed by atoms with van der Waals surface area (Å²) >= 11 is 0. The fourth-order valence-corrected chi connectivity index (χ4v) is 3.33. The van der Waals surface area contributed by atoms with Crippen molar-refractivity contribution in [3.63, 3.8) is 0 Å². The molecular weight excluding hydrogens is 308 g/mol. The average Bonchev–Trinajstić information content (AvgIpc) is 2.62. The minimum absolute atomic E-state index is 0.761. The lowest BCUT2D eigenvalue weighted by Crippen LogP contribution is -2.32. The zero-order valence-corrected chi connectivity index (χ0v) is 13.2. The van der Waals surface area contributed by atoms with Crippen LogP contribution in [0.4, 0.5) is 0 Å². The van der Waals surface area contributed by atoms with Crippen LogP contribution in [0.25, 0.3) is 0 Å². The zero-order chi connectivity index (χ0) is 16.1. The third-order valence-corrected chi connectivity index (χ3v) is 4.18. The van der Waals surface area contributed by atoms with Crippen LogP contribution in [0.3, 0.4) is 0 Å². The summed E-state index contributed by atoms with van der Waals surface area (Å²) in [6, 6.07) is 28.1. The Morgan fingerprint density at radius 3 is 1.13 bits per heavy atom. The van der Waals surface area contributed by atoms with E-state index >= 15 is 0 Å². The fourth-order valence-electron chi connectivity index (χ4n) is 2.79. The van der Waals surface area contributed by atoms with E-state index in [2.05, 4.69) is 0 Å². The van der Waals surface area contributed by atoms with Gasteiger partial charge in [0.1, 0.15) is 0 Å². The normalized spacial score (nSPS) is 11.5. The SMILES string of the molecule is O=[SH](=O)OC(c1ccccc1)(c1ccccc1)c1ccccc1. The van der Waals surface area contributed by atoms with Crippen molar-refractivity contribution in [2.45, 2.75) is 5.60 Å². The van der Waals surface area contributed by atoms with Gasteiger partial charge in [-0.1, -0.05) is 91.0 Å². The van der Waals surface area contributed by atoms with E-state index in [1.807, 2.05) is 91.0 Å². The van der Waals surface area contributed by atoms with E-state index in [0.29, 0.717) is 0 Å². The van der Waals surface area contributed by atoms with E-state index in [1.165, 1.54) is 0 Å². The second kappa shape index (κ2) is 6.77. The molecule has 0 amide bonds. The van der Waals surface area contributed by atoms with Gasteiger partial charge in [-0.3, -0.25) is 4.18 Å². The Morgan fingerprint density at radius 1 is 0.565 bits per heavy atom. The maximum atomic E-state index is 11.5. The molecule has 3 rings (SSSR count). The third-order valence-electron chi connectivity index (χ3n) is 3.75. The molecule has 23 heavy (non-hydrogen) atoms. The molecule has 0 aliphatic carbocycles. The summed E-state index contributed by atoms with van der Waals surface area (Å²) in [7, 11) is -3.06. The van der Waals surface area contributed by atoms with Gasteiger partial charge in [-0.2, -0.15) is 0 Å². The van der Waals surface area contributed by atoms with Crippen LogP contribution in [0.1, 0.15) is 16.7 Å². The second-order valence-electron chi connectivity index (χ2n) is 5.09. The largest absolute Gasteiger partial charge is 0.258 e. The molecule has 4 heteroatoms. The molecule has 0 aliphatic heterocycles. The molecule has 0 radical (unpaired) electrons. The predicted octanol–water partition coefficient (Wildman–Crippen LogP) is 3.52. The van der Waals surface area contributed by atoms with Crippen molar-refractivity contribution >= 4 is 11.0 Å². The summed E-state index contributed by atoms with van der Waals surface area (Å²) in [5, 5.41) is 0. The predicted molar refractivity (Wildman–Crippen MR) is 90.6 cm³/mol. The van der Waals surface area contributed by atoms with Crippen LogP contribution in [0.15, 0.2) is 91.0 Å². The summed E-state index contributed by atoms with van der Waals surface area (Å²) in [6.07, 6.45) is 0. The minimum Gasteiger partial charge on any atom is -0.251 e. The van der Waals surface area contributed by atoms with Crippen LogP contribution in [-0.4, -0.2) is 8.42 Å². The highest BCUT2D eigenvalue weighted by molar-refractivity contribution is 7.67. The molecular formula is C19H16O3S. The molecule has 0 fully saturated rings. The molecule has 0 unspecified atom stereocenters. The maximum absolute atomic E-state index is 11.5. The number of thiol groups is 1. The van der Waals surface area contributed by atoms with Crippen molar-refractivity contribution in [1.29, 1.82) is 0 Å². The Balaban J connectivity index is 2.35. The average molecular weight is 324 g/mol. The number of hydrogen-bond donors (Lipinski definition) is 1. The first-order valence-electron chi connectivity index (χ1n) is 7.23. The van der Waals surface area contributed by atoms with Gasteiger partial charge in [-0.15, -0.1) is 0 Å². The van der Waals surface area contributed by atoms with Crippen molar-refractivity contribution in [2.24, 2.45) is 0 Å². The fraction of sp³-hybridized carbons (Fsp3) is 0.0526. The molecule has 0 bridgehead atoms. The lowest BCUT2D eigenvalue weighted by atomic mass is 9.80. The van der Waals surface area contributed by atoms with Gasteiger partial charge in [0.15, 0.2) is 5.60 Å². The zero-order valence-electron chi connectivity index (χ0n) is 12.3. The molecule has 0 aromatic heterocycles. The summed E-state index contributed by atoms with van der Waals surface area (Å²) in [4.78, 5) is 0. The first-order valence-corrected chi connectivity index (χ1v) is 8.33. The monoisotopic (exact) mass is 324 g/mol. The van der Waals surface area contributed by atoms with E-state index in [-0.39, 0.29) is 0 Å². The Morgan fingerprint density at radius 2 is 0.870 bits per heavy atom. The Hall–Kier alpha value is -2.43. The van der Waals surface area contributed by atoms with E-state index in [9.17, 15) is 8.42 Å². The van der Waals surface area contributed by atoms with Crippen LogP contribution in [-0.2, 0) is 20.8 Å². The van der Waals surface area contributed by atoms with Gasteiger partial charge in [0.2, 0.25) is 0 Å². The highest BCUT2D eigenvalue weighted by Crippen LogP contribution is 2.40. The molecule has 3 aromatic rings. The Labute approximate surface area is 137 Å². The summed E-state index contributed by atoms with van der Waals surface area (Å²) in [6.45, 7) is 0. The van der Waals surface area contributed by atoms with Crippen LogP contribution < -0.4 is 0 Å². The van der Waals surface area contributed by atoms with Gasteiger partial charge >= 0.3 is 0 Å². The van der Waals surface area contributed by atoms with Crippen molar-refractivity contribution in [3.8, 4) is 0 Å². The quantitative estimate of drug-likeness (QED) is 0.577. The van der Waals surface area contributed by atoms with Crippen LogP contribution in [0, 0.1) is 0 Å². The van der Waals surface area contributed by atoms with E-state index in [0.717, 1.165) is 16.7 Å². The third kappa shape index (κ3) is 3.04. The molecule has 0 heterocycles. The molecule has 0 saturated heterocycles. The van der Waals surface area contributed by atoms with Gasteiger partial charge in [-0.25, -0.2) is 8.42 Å². The van der Waals surface area contributed by atoms with Crippen molar-refractivity contribution < 1.29 is 12.6 Å². The Bertz CT molecular complexity index is 724. The van der Waals surface area contributed by atoms with Gasteiger partial charge in [0, 0.05) is 0 Å². The van der Waals surface area contributed by atoms with Crippen molar-refractivity contribution in [2.75, 3.05) is 0 Å². The lowest BCUT2D eigenvalue weighted by Gasteiger charge is -2.32. The van der Waals surface area contributed by atoms with E-state index in [1.54, 1.807) is 0 Å². The molecule has 0 N–H and O–H groups in total. The van der Waals surface area contributed by atoms with Crippen LogP contribution in [0.2, 0.25) is 0 Å². The lowest BCUT2D eigenvalue weighted by molar-refractivity contribution is 0.173. The number of benzene rings is 3. The van der Waals surface area contributed by atoms with Gasteiger partial charge in [0.25, 0.3) is 11.0 Å². The number of rotatable bonds is 5. The van der Waals surface area contributed by atoms with Crippen molar-refractivity contribution in [1.82, 2.24) is 0 Å². The standard InChI is InChI=1S/C19H16O3S/c20-23(21)22-19(16-10-4-1-5-11-16,17-12-6-2-7-13-17)18-14-8-3-9-15-18/h1-15,23H. The van der Waals surface area contributed by atoms with Crippen LogP contribution >= 0.6 is 0 Å². The Kier molecular flexibility index (Phi) is 4.55. The van der Waals surface area contributed by atoms with Crippen molar-refractivity contribution in [3.05, 3.63) is 108 Å². The number of hydrogen-bond acceptors (Lipinski definition) is 3. The topological polar surface area (TPSA) is 43.4 Å². The molecule has 116 valence electrons.